The van der Waals surface area contributed by atoms with Crippen molar-refractivity contribution in [2.24, 2.45) is 11.8 Å². The van der Waals surface area contributed by atoms with Crippen molar-refractivity contribution in [1.82, 2.24) is 0 Å². The molecule has 44 heavy (non-hydrogen) atoms. The number of fused-ring (bicyclic) bond motifs is 1. The lowest BCUT2D eigenvalue weighted by Gasteiger charge is -2.29. The highest BCUT2D eigenvalue weighted by atomic mass is 79.9. The number of carbonyl (C=O) groups excluding carboxylic acids is 4. The second-order valence-corrected chi connectivity index (χ2v) is 10.8. The van der Waals surface area contributed by atoms with Crippen LogP contribution in [0, 0.1) is 11.8 Å². The highest BCUT2D eigenvalue weighted by Crippen LogP contribution is 2.47. The van der Waals surface area contributed by atoms with Crippen LogP contribution in [0.5, 0.6) is 0 Å². The Balaban J connectivity index is 0.000000566. The van der Waals surface area contributed by atoms with Crippen molar-refractivity contribution in [3.63, 3.8) is 0 Å². The summed E-state index contributed by atoms with van der Waals surface area (Å²) in [6.45, 7) is 1.81. The number of furan rings is 1. The van der Waals surface area contributed by atoms with Crippen LogP contribution in [0.15, 0.2) is 75.8 Å². The number of hydrogen-bond acceptors (Lipinski definition) is 8. The smallest absolute Gasteiger partial charge is 0.430 e. The molecule has 232 valence electrons. The molecule has 3 aromatic rings. The number of hydrogen-bond donors (Lipinski definition) is 2. The second kappa shape index (κ2) is 12.6. The Kier molecular flexibility index (Phi) is 9.30. The van der Waals surface area contributed by atoms with Gasteiger partial charge >= 0.3 is 18.1 Å². The van der Waals surface area contributed by atoms with Gasteiger partial charge in [0.25, 0.3) is 0 Å². The lowest BCUT2D eigenvalue weighted by atomic mass is 9.76. The molecule has 1 aromatic heterocycles. The summed E-state index contributed by atoms with van der Waals surface area (Å²) >= 11 is 3.22. The van der Waals surface area contributed by atoms with Gasteiger partial charge in [-0.25, -0.2) is 14.5 Å². The molecule has 5 rings (SSSR count). The van der Waals surface area contributed by atoms with Gasteiger partial charge in [-0.3, -0.25) is 9.59 Å². The van der Waals surface area contributed by atoms with Gasteiger partial charge in [-0.15, -0.1) is 0 Å². The lowest BCUT2D eigenvalue weighted by Crippen LogP contribution is -2.98. The van der Waals surface area contributed by atoms with Crippen molar-refractivity contribution in [1.29, 1.82) is 0 Å². The highest BCUT2D eigenvalue weighted by molar-refractivity contribution is 9.10. The van der Waals surface area contributed by atoms with E-state index in [4.69, 9.17) is 19.1 Å². The molecule has 11 nitrogen and oxygen atoms in total. The van der Waals surface area contributed by atoms with Gasteiger partial charge in [0.05, 0.1) is 24.1 Å². The standard InChI is InChI=1S/C27H23BrN2O7.C2HF3O2/c1-2-36-26(35)27(14-15-7-4-3-5-8-15)21-20(22(29-27)19-9-6-12-37-19)23(31)30(24(21)32)16-10-11-17(25(33)34)18(28)13-16;3-2(4,5)1(6)7/h3-13,20-22,29H,2,14H2,1H3,(H,33,34);(H,6,7)/t20-,21-,22-,27-;/m0./s1. The summed E-state index contributed by atoms with van der Waals surface area (Å²) in [5, 5.41) is 19.9. The summed E-state index contributed by atoms with van der Waals surface area (Å²) in [7, 11) is 0. The number of esters is 1. The third-order valence-corrected chi connectivity index (χ3v) is 7.97. The molecule has 0 bridgehead atoms. The van der Waals surface area contributed by atoms with Gasteiger partial charge in [0.1, 0.15) is 17.8 Å². The number of carboxylic acid groups (broad SMARTS) is 2. The number of carbonyl (C=O) groups is 5. The molecule has 0 unspecified atom stereocenters. The van der Waals surface area contributed by atoms with Crippen molar-refractivity contribution in [3.05, 3.63) is 88.3 Å². The first-order valence-electron chi connectivity index (χ1n) is 13.0. The van der Waals surface area contributed by atoms with E-state index >= 15 is 0 Å². The van der Waals surface area contributed by atoms with E-state index in [1.165, 1.54) is 24.5 Å². The summed E-state index contributed by atoms with van der Waals surface area (Å²) in [6, 6.07) is 16.2. The molecule has 2 fully saturated rings. The maximum atomic E-state index is 14.1. The SMILES string of the molecule is CCOC(=O)[C@@]1(Cc2ccccc2)[NH2+][C@@H](c2ccco2)[C@H]2C(=O)N(c3ccc(C(=O)O)c(Br)c3)C(=O)[C@H]21.O=C([O-])C(F)(F)F. The zero-order chi connectivity index (χ0) is 32.4. The van der Waals surface area contributed by atoms with E-state index in [-0.39, 0.29) is 28.8 Å². The Bertz CT molecular complexity index is 1580. The second-order valence-electron chi connectivity index (χ2n) is 9.90. The number of halogens is 4. The lowest BCUT2D eigenvalue weighted by molar-refractivity contribution is -0.735. The quantitative estimate of drug-likeness (QED) is 0.280. The van der Waals surface area contributed by atoms with Crippen LogP contribution < -0.4 is 15.3 Å². The fourth-order valence-corrected chi connectivity index (χ4v) is 6.10. The molecule has 3 heterocycles. The average Bonchev–Trinajstić information content (AvgIpc) is 3.66. The number of anilines is 1. The number of quaternary nitrogens is 1. The number of amides is 2. The number of ether oxygens (including phenoxy) is 1. The summed E-state index contributed by atoms with van der Waals surface area (Å²) in [4.78, 5) is 62.9. The maximum absolute atomic E-state index is 14.1. The van der Waals surface area contributed by atoms with E-state index in [9.17, 15) is 37.5 Å². The minimum atomic E-state index is -5.19. The van der Waals surface area contributed by atoms with Crippen LogP contribution in [0.4, 0.5) is 18.9 Å². The molecular weight excluding hydrogens is 657 g/mol. The molecule has 0 radical (unpaired) electrons. The van der Waals surface area contributed by atoms with E-state index in [1.54, 1.807) is 24.4 Å². The van der Waals surface area contributed by atoms with Crippen LogP contribution in [0.3, 0.4) is 0 Å². The zero-order valence-electron chi connectivity index (χ0n) is 22.7. The molecule has 4 atom stereocenters. The van der Waals surface area contributed by atoms with E-state index in [2.05, 4.69) is 15.9 Å². The predicted molar refractivity (Wildman–Crippen MR) is 145 cm³/mol. The first kappa shape index (κ1) is 32.4. The van der Waals surface area contributed by atoms with Gasteiger partial charge in [0.2, 0.25) is 17.4 Å². The third-order valence-electron chi connectivity index (χ3n) is 7.31. The Morgan fingerprint density at radius 3 is 2.27 bits per heavy atom. The maximum Gasteiger partial charge on any atom is 0.430 e. The molecule has 15 heteroatoms. The van der Waals surface area contributed by atoms with E-state index in [1.807, 2.05) is 30.3 Å². The van der Waals surface area contributed by atoms with Crippen LogP contribution in [-0.4, -0.2) is 53.2 Å². The summed E-state index contributed by atoms with van der Waals surface area (Å²) in [5.74, 6) is -7.22. The Hall–Kier alpha value is -4.50. The van der Waals surface area contributed by atoms with Crippen molar-refractivity contribution in [2.45, 2.75) is 31.1 Å². The number of rotatable bonds is 7. The molecule has 2 aliphatic rings. The zero-order valence-corrected chi connectivity index (χ0v) is 24.3. The number of imide groups is 1. The van der Waals surface area contributed by atoms with Crippen LogP contribution in [-0.2, 0) is 30.3 Å². The third kappa shape index (κ3) is 6.10. The number of benzene rings is 2. The average molecular weight is 681 g/mol. The molecule has 3 N–H and O–H groups in total. The predicted octanol–water partition coefficient (Wildman–Crippen LogP) is 2.01. The first-order valence-corrected chi connectivity index (χ1v) is 13.8. The van der Waals surface area contributed by atoms with Crippen molar-refractivity contribution in [3.8, 4) is 0 Å². The summed E-state index contributed by atoms with van der Waals surface area (Å²) in [5.41, 5.74) is -0.385. The Morgan fingerprint density at radius 1 is 1.09 bits per heavy atom. The van der Waals surface area contributed by atoms with Gasteiger partial charge < -0.3 is 29.5 Å². The Labute approximate surface area is 255 Å². The van der Waals surface area contributed by atoms with Crippen molar-refractivity contribution in [2.75, 3.05) is 11.5 Å². The van der Waals surface area contributed by atoms with Gasteiger partial charge in [-0.2, -0.15) is 13.2 Å². The molecule has 2 aromatic carbocycles. The summed E-state index contributed by atoms with van der Waals surface area (Å²) < 4.78 is 42.9. The number of alkyl halides is 3. The first-order chi connectivity index (χ1) is 20.7. The minimum Gasteiger partial charge on any atom is -0.542 e. The Morgan fingerprint density at radius 2 is 1.75 bits per heavy atom. The normalized spacial score (nSPS) is 22.7. The van der Waals surface area contributed by atoms with Gasteiger partial charge in [0, 0.05) is 10.9 Å². The van der Waals surface area contributed by atoms with Crippen LogP contribution >= 0.6 is 15.9 Å². The van der Waals surface area contributed by atoms with Gasteiger partial charge in [-0.1, -0.05) is 30.3 Å². The monoisotopic (exact) mass is 680 g/mol. The highest BCUT2D eigenvalue weighted by Gasteiger charge is 2.73. The van der Waals surface area contributed by atoms with E-state index in [0.717, 1.165) is 10.5 Å². The molecular formula is C29H24BrF3N2O9. The fraction of sp³-hybridized carbons (Fsp3) is 0.276. The van der Waals surface area contributed by atoms with Gasteiger partial charge in [-0.05, 0) is 58.7 Å². The number of nitrogens with two attached hydrogens (primary N) is 1. The van der Waals surface area contributed by atoms with Crippen LogP contribution in [0.2, 0.25) is 0 Å². The number of aromatic carboxylic acids is 1. The largest absolute Gasteiger partial charge is 0.542 e. The molecule has 0 saturated carbocycles. The topological polar surface area (TPSA) is 171 Å². The number of nitrogens with zero attached hydrogens (tertiary/aromatic N) is 1. The van der Waals surface area contributed by atoms with Gasteiger partial charge in [0.15, 0.2) is 11.8 Å². The van der Waals surface area contributed by atoms with E-state index < -0.39 is 59.3 Å². The minimum absolute atomic E-state index is 0.00483. The van der Waals surface area contributed by atoms with Crippen LogP contribution in [0.1, 0.15) is 34.6 Å². The number of carboxylic acids is 2. The van der Waals surface area contributed by atoms with Crippen molar-refractivity contribution < 1.29 is 61.8 Å². The molecule has 2 aliphatic heterocycles. The molecule has 2 amide bonds. The van der Waals surface area contributed by atoms with Crippen LogP contribution in [0.25, 0.3) is 0 Å². The fourth-order valence-electron chi connectivity index (χ4n) is 5.57. The molecule has 0 aliphatic carbocycles. The number of aliphatic carboxylic acids is 1. The van der Waals surface area contributed by atoms with Crippen molar-refractivity contribution >= 4 is 51.3 Å². The molecule has 0 spiro atoms. The summed E-state index contributed by atoms with van der Waals surface area (Å²) in [6.07, 6.45) is -3.54. The molecule has 2 saturated heterocycles. The van der Waals surface area contributed by atoms with E-state index in [0.29, 0.717) is 5.76 Å².